The van der Waals surface area contributed by atoms with Crippen LogP contribution < -0.4 is 5.32 Å². The minimum atomic E-state index is 0.0574. The van der Waals surface area contributed by atoms with Crippen LogP contribution in [0, 0.1) is 5.92 Å². The average Bonchev–Trinajstić information content (AvgIpc) is 3.24. The summed E-state index contributed by atoms with van der Waals surface area (Å²) >= 11 is 1.74. The van der Waals surface area contributed by atoms with E-state index in [1.807, 2.05) is 19.9 Å². The zero-order valence-electron chi connectivity index (χ0n) is 13.5. The lowest BCUT2D eigenvalue weighted by atomic mass is 9.96. The summed E-state index contributed by atoms with van der Waals surface area (Å²) in [6.45, 7) is 4.65. The second kappa shape index (κ2) is 7.01. The molecule has 2 aromatic heterocycles. The predicted octanol–water partition coefficient (Wildman–Crippen LogP) is 4.52. The summed E-state index contributed by atoms with van der Waals surface area (Å²) in [5.41, 5.74) is 2.38. The summed E-state index contributed by atoms with van der Waals surface area (Å²) in [5, 5.41) is 6.45. The minimum Gasteiger partial charge on any atom is -0.361 e. The number of fused-ring (bicyclic) bond motifs is 1. The van der Waals surface area contributed by atoms with Gasteiger partial charge in [0.2, 0.25) is 5.91 Å². The van der Waals surface area contributed by atoms with E-state index in [9.17, 15) is 4.79 Å². The number of aromatic amines is 1. The van der Waals surface area contributed by atoms with Crippen LogP contribution in [0.4, 0.5) is 0 Å². The molecule has 3 nitrogen and oxygen atoms in total. The number of aromatic nitrogens is 1. The summed E-state index contributed by atoms with van der Waals surface area (Å²) in [4.78, 5) is 16.8. The van der Waals surface area contributed by atoms with Gasteiger partial charge in [0.05, 0.1) is 0 Å². The number of para-hydroxylation sites is 1. The third kappa shape index (κ3) is 3.32. The van der Waals surface area contributed by atoms with Crippen LogP contribution in [-0.2, 0) is 4.79 Å². The van der Waals surface area contributed by atoms with Gasteiger partial charge in [-0.05, 0) is 29.5 Å². The zero-order chi connectivity index (χ0) is 16.2. The fourth-order valence-corrected chi connectivity index (χ4v) is 3.64. The van der Waals surface area contributed by atoms with Crippen LogP contribution in [0.5, 0.6) is 0 Å². The van der Waals surface area contributed by atoms with Crippen LogP contribution in [0.25, 0.3) is 10.9 Å². The van der Waals surface area contributed by atoms with Crippen molar-refractivity contribution in [2.45, 2.75) is 26.2 Å². The molecule has 0 radical (unpaired) electrons. The van der Waals surface area contributed by atoms with E-state index in [2.05, 4.69) is 52.2 Å². The largest absolute Gasteiger partial charge is 0.361 e. The highest BCUT2D eigenvalue weighted by Gasteiger charge is 2.20. The van der Waals surface area contributed by atoms with Gasteiger partial charge in [-0.3, -0.25) is 4.79 Å². The standard InChI is InChI=1S/C19H22N2OS/c1-3-13(2)19(22)21-12-16(18-9-6-10-23-18)15-11-20-17-8-5-4-7-14(15)17/h4-11,13,16,20H,3,12H2,1-2H3,(H,21,22). The molecular weight excluding hydrogens is 304 g/mol. The molecule has 2 atom stereocenters. The fourth-order valence-electron chi connectivity index (χ4n) is 2.80. The zero-order valence-corrected chi connectivity index (χ0v) is 14.3. The summed E-state index contributed by atoms with van der Waals surface area (Å²) in [5.74, 6) is 0.370. The van der Waals surface area contributed by atoms with E-state index in [-0.39, 0.29) is 17.7 Å². The lowest BCUT2D eigenvalue weighted by molar-refractivity contribution is -0.124. The van der Waals surface area contributed by atoms with E-state index < -0.39 is 0 Å². The van der Waals surface area contributed by atoms with Gasteiger partial charge in [0, 0.05) is 40.4 Å². The SMILES string of the molecule is CCC(C)C(=O)NCC(c1cccs1)c1c[nH]c2ccccc12. The molecule has 2 N–H and O–H groups in total. The number of hydrogen-bond donors (Lipinski definition) is 2. The van der Waals surface area contributed by atoms with Gasteiger partial charge in [-0.1, -0.05) is 38.1 Å². The lowest BCUT2D eigenvalue weighted by Gasteiger charge is -2.18. The van der Waals surface area contributed by atoms with E-state index in [1.54, 1.807) is 11.3 Å². The van der Waals surface area contributed by atoms with Gasteiger partial charge in [0.1, 0.15) is 0 Å². The normalized spacial score (nSPS) is 13.8. The third-order valence-corrected chi connectivity index (χ3v) is 5.41. The topological polar surface area (TPSA) is 44.9 Å². The average molecular weight is 326 g/mol. The van der Waals surface area contributed by atoms with E-state index in [0.29, 0.717) is 6.54 Å². The number of hydrogen-bond acceptors (Lipinski definition) is 2. The Kier molecular flexibility index (Phi) is 4.82. The maximum atomic E-state index is 12.2. The van der Waals surface area contributed by atoms with Crippen molar-refractivity contribution in [3.63, 3.8) is 0 Å². The Morgan fingerprint density at radius 1 is 1.26 bits per heavy atom. The molecule has 3 aromatic rings. The fraction of sp³-hybridized carbons (Fsp3) is 0.316. The molecule has 2 unspecified atom stereocenters. The maximum absolute atomic E-state index is 12.2. The summed E-state index contributed by atoms with van der Waals surface area (Å²) < 4.78 is 0. The van der Waals surface area contributed by atoms with Crippen molar-refractivity contribution in [1.82, 2.24) is 10.3 Å². The van der Waals surface area contributed by atoms with Crippen LogP contribution in [-0.4, -0.2) is 17.4 Å². The second-order valence-electron chi connectivity index (χ2n) is 5.91. The monoisotopic (exact) mass is 326 g/mol. The van der Waals surface area contributed by atoms with Gasteiger partial charge in [0.15, 0.2) is 0 Å². The molecule has 0 aliphatic heterocycles. The van der Waals surface area contributed by atoms with Crippen molar-refractivity contribution in [3.05, 3.63) is 58.4 Å². The number of H-pyrrole nitrogens is 1. The van der Waals surface area contributed by atoms with Crippen LogP contribution in [0.15, 0.2) is 48.0 Å². The highest BCUT2D eigenvalue weighted by molar-refractivity contribution is 7.10. The van der Waals surface area contributed by atoms with Gasteiger partial charge < -0.3 is 10.3 Å². The number of rotatable bonds is 6. The summed E-state index contributed by atoms with van der Waals surface area (Å²) in [7, 11) is 0. The first-order valence-corrected chi connectivity index (χ1v) is 8.95. The van der Waals surface area contributed by atoms with Crippen molar-refractivity contribution in [1.29, 1.82) is 0 Å². The Morgan fingerprint density at radius 2 is 2.09 bits per heavy atom. The van der Waals surface area contributed by atoms with Gasteiger partial charge in [0.25, 0.3) is 0 Å². The number of carbonyl (C=O) groups is 1. The Morgan fingerprint density at radius 3 is 2.83 bits per heavy atom. The van der Waals surface area contributed by atoms with E-state index in [4.69, 9.17) is 0 Å². The number of benzene rings is 1. The number of nitrogens with one attached hydrogen (secondary N) is 2. The molecule has 1 aromatic carbocycles. The van der Waals surface area contributed by atoms with Gasteiger partial charge >= 0.3 is 0 Å². The van der Waals surface area contributed by atoms with Crippen molar-refractivity contribution in [2.24, 2.45) is 5.92 Å². The smallest absolute Gasteiger partial charge is 0.222 e. The Hall–Kier alpha value is -2.07. The van der Waals surface area contributed by atoms with Crippen molar-refractivity contribution in [3.8, 4) is 0 Å². The Bertz CT molecular complexity index is 776. The van der Waals surface area contributed by atoms with Gasteiger partial charge in [-0.15, -0.1) is 11.3 Å². The molecule has 0 bridgehead atoms. The van der Waals surface area contributed by atoms with E-state index in [1.165, 1.54) is 15.8 Å². The molecule has 0 aliphatic carbocycles. The van der Waals surface area contributed by atoms with E-state index >= 15 is 0 Å². The minimum absolute atomic E-state index is 0.0574. The Labute approximate surface area is 140 Å². The Balaban J connectivity index is 1.89. The predicted molar refractivity (Wildman–Crippen MR) is 96.9 cm³/mol. The molecule has 2 heterocycles. The van der Waals surface area contributed by atoms with Crippen LogP contribution in [0.2, 0.25) is 0 Å². The third-order valence-electron chi connectivity index (χ3n) is 4.42. The van der Waals surface area contributed by atoms with Crippen molar-refractivity contribution >= 4 is 28.1 Å². The van der Waals surface area contributed by atoms with Crippen LogP contribution in [0.1, 0.15) is 36.6 Å². The van der Waals surface area contributed by atoms with E-state index in [0.717, 1.165) is 11.9 Å². The molecule has 4 heteroatoms. The quantitative estimate of drug-likeness (QED) is 0.687. The number of thiophene rings is 1. The molecule has 3 rings (SSSR count). The first-order chi connectivity index (χ1) is 11.2. The second-order valence-corrected chi connectivity index (χ2v) is 6.89. The maximum Gasteiger partial charge on any atom is 0.222 e. The molecule has 120 valence electrons. The molecule has 23 heavy (non-hydrogen) atoms. The number of amides is 1. The molecule has 0 saturated heterocycles. The summed E-state index contributed by atoms with van der Waals surface area (Å²) in [6, 6.07) is 12.5. The molecule has 0 aliphatic rings. The highest BCUT2D eigenvalue weighted by Crippen LogP contribution is 2.32. The number of carbonyl (C=O) groups excluding carboxylic acids is 1. The molecule has 0 spiro atoms. The first-order valence-electron chi connectivity index (χ1n) is 8.07. The summed E-state index contributed by atoms with van der Waals surface area (Å²) in [6.07, 6.45) is 2.94. The van der Waals surface area contributed by atoms with Gasteiger partial charge in [-0.25, -0.2) is 0 Å². The molecule has 1 amide bonds. The lowest BCUT2D eigenvalue weighted by Crippen LogP contribution is -2.32. The molecule has 0 fully saturated rings. The van der Waals surface area contributed by atoms with Crippen LogP contribution in [0.3, 0.4) is 0 Å². The van der Waals surface area contributed by atoms with Crippen molar-refractivity contribution in [2.75, 3.05) is 6.54 Å². The van der Waals surface area contributed by atoms with Gasteiger partial charge in [-0.2, -0.15) is 0 Å². The van der Waals surface area contributed by atoms with Crippen LogP contribution >= 0.6 is 11.3 Å². The molecule has 0 saturated carbocycles. The highest BCUT2D eigenvalue weighted by atomic mass is 32.1. The molecular formula is C19H22N2OS. The van der Waals surface area contributed by atoms with Crippen molar-refractivity contribution < 1.29 is 4.79 Å². The first kappa shape index (κ1) is 15.8.